The molecule has 0 spiro atoms. The Kier molecular flexibility index (Phi) is 7.33. The minimum Gasteiger partial charge on any atom is -0.451 e. The molecule has 156 valence electrons. The Balaban J connectivity index is 1.60. The molecular formula is C19H22N2O5S3. The predicted molar refractivity (Wildman–Crippen MR) is 114 cm³/mol. The second-order valence-corrected chi connectivity index (χ2v) is 10.5. The van der Waals surface area contributed by atoms with Crippen molar-refractivity contribution >= 4 is 45.0 Å². The van der Waals surface area contributed by atoms with Crippen LogP contribution in [0, 0.1) is 0 Å². The number of benzene rings is 1. The molecule has 10 heteroatoms. The number of esters is 1. The van der Waals surface area contributed by atoms with Gasteiger partial charge in [0.15, 0.2) is 6.61 Å². The Morgan fingerprint density at radius 1 is 1.17 bits per heavy atom. The first-order valence-corrected chi connectivity index (χ1v) is 12.5. The summed E-state index contributed by atoms with van der Waals surface area (Å²) in [6, 6.07) is 10.6. The molecule has 2 heterocycles. The molecule has 1 atom stereocenters. The van der Waals surface area contributed by atoms with Crippen LogP contribution in [-0.4, -0.2) is 55.8 Å². The van der Waals surface area contributed by atoms with Crippen molar-refractivity contribution in [3.05, 3.63) is 52.2 Å². The van der Waals surface area contributed by atoms with Crippen molar-refractivity contribution in [3.8, 4) is 0 Å². The molecule has 1 fully saturated rings. The van der Waals surface area contributed by atoms with E-state index in [-0.39, 0.29) is 15.8 Å². The Morgan fingerprint density at radius 3 is 2.55 bits per heavy atom. The van der Waals surface area contributed by atoms with E-state index in [0.717, 1.165) is 28.4 Å². The number of nitrogens with one attached hydrogen (secondary N) is 1. The lowest BCUT2D eigenvalue weighted by Gasteiger charge is -2.25. The van der Waals surface area contributed by atoms with Crippen molar-refractivity contribution in [1.82, 2.24) is 9.62 Å². The highest BCUT2D eigenvalue weighted by Crippen LogP contribution is 2.27. The lowest BCUT2D eigenvalue weighted by Crippen LogP contribution is -2.38. The number of carbonyl (C=O) groups is 2. The smallest absolute Gasteiger partial charge is 0.350 e. The minimum atomic E-state index is -3.76. The topological polar surface area (TPSA) is 92.8 Å². The van der Waals surface area contributed by atoms with Crippen LogP contribution in [0.15, 0.2) is 46.7 Å². The fourth-order valence-electron chi connectivity index (χ4n) is 2.88. The maximum Gasteiger partial charge on any atom is 0.350 e. The number of hydrogen-bond acceptors (Lipinski definition) is 7. The molecule has 0 bridgehead atoms. The van der Waals surface area contributed by atoms with Crippen molar-refractivity contribution in [3.63, 3.8) is 0 Å². The first-order chi connectivity index (χ1) is 13.9. The number of rotatable bonds is 7. The van der Waals surface area contributed by atoms with E-state index in [9.17, 15) is 18.0 Å². The van der Waals surface area contributed by atoms with Crippen LogP contribution < -0.4 is 5.32 Å². The highest BCUT2D eigenvalue weighted by atomic mass is 32.2. The van der Waals surface area contributed by atoms with E-state index in [1.165, 1.54) is 10.4 Å². The summed E-state index contributed by atoms with van der Waals surface area (Å²) >= 11 is 2.69. The molecule has 0 radical (unpaired) electrons. The summed E-state index contributed by atoms with van der Waals surface area (Å²) in [5.41, 5.74) is 0.929. The summed E-state index contributed by atoms with van der Waals surface area (Å²) in [4.78, 5) is 24.5. The molecule has 1 aromatic carbocycles. The van der Waals surface area contributed by atoms with Gasteiger partial charge in [-0.05, 0) is 23.9 Å². The fourth-order valence-corrected chi connectivity index (χ4v) is 6.74. The van der Waals surface area contributed by atoms with Crippen LogP contribution in [0.2, 0.25) is 0 Å². The van der Waals surface area contributed by atoms with Gasteiger partial charge in [-0.2, -0.15) is 16.1 Å². The number of nitrogens with zero attached hydrogens (tertiary/aromatic N) is 1. The summed E-state index contributed by atoms with van der Waals surface area (Å²) in [5, 5.41) is 4.29. The van der Waals surface area contributed by atoms with E-state index < -0.39 is 28.5 Å². The van der Waals surface area contributed by atoms with Crippen LogP contribution in [0.25, 0.3) is 0 Å². The quantitative estimate of drug-likeness (QED) is 0.647. The van der Waals surface area contributed by atoms with Crippen molar-refractivity contribution in [2.75, 3.05) is 31.2 Å². The lowest BCUT2D eigenvalue weighted by molar-refractivity contribution is -0.124. The fraction of sp³-hybridized carbons (Fsp3) is 0.368. The number of sulfonamides is 1. The van der Waals surface area contributed by atoms with Gasteiger partial charge in [0.05, 0.1) is 6.04 Å². The zero-order chi connectivity index (χ0) is 20.9. The van der Waals surface area contributed by atoms with Crippen LogP contribution in [0.3, 0.4) is 0 Å². The molecule has 0 saturated carbocycles. The van der Waals surface area contributed by atoms with Gasteiger partial charge in [-0.1, -0.05) is 30.3 Å². The van der Waals surface area contributed by atoms with Gasteiger partial charge in [0.2, 0.25) is 10.0 Å². The van der Waals surface area contributed by atoms with Gasteiger partial charge < -0.3 is 10.1 Å². The maximum atomic E-state index is 12.9. The van der Waals surface area contributed by atoms with Crippen LogP contribution in [0.5, 0.6) is 0 Å². The number of thiophene rings is 1. The number of hydrogen-bond donors (Lipinski definition) is 1. The average Bonchev–Trinajstić information content (AvgIpc) is 3.24. The summed E-state index contributed by atoms with van der Waals surface area (Å²) in [7, 11) is -3.76. The van der Waals surface area contributed by atoms with Gasteiger partial charge in [-0.25, -0.2) is 13.2 Å². The van der Waals surface area contributed by atoms with Crippen LogP contribution in [0.4, 0.5) is 0 Å². The highest BCUT2D eigenvalue weighted by Gasteiger charge is 2.31. The second-order valence-electron chi connectivity index (χ2n) is 6.41. The Hall–Kier alpha value is -1.88. The molecule has 2 aromatic rings. The zero-order valence-electron chi connectivity index (χ0n) is 15.9. The van der Waals surface area contributed by atoms with E-state index in [1.807, 2.05) is 37.3 Å². The van der Waals surface area contributed by atoms with E-state index >= 15 is 0 Å². The summed E-state index contributed by atoms with van der Waals surface area (Å²) in [5.74, 6) is 0.183. The molecule has 1 saturated heterocycles. The molecule has 7 nitrogen and oxygen atoms in total. The SMILES string of the molecule is CC(NC(=O)COC(=O)c1sccc1S(=O)(=O)N1CCSCC1)c1ccccc1. The molecule has 3 rings (SSSR count). The monoisotopic (exact) mass is 454 g/mol. The number of amides is 1. The van der Waals surface area contributed by atoms with Crippen LogP contribution in [-0.2, 0) is 19.6 Å². The van der Waals surface area contributed by atoms with Crippen molar-refractivity contribution < 1.29 is 22.7 Å². The van der Waals surface area contributed by atoms with Crippen LogP contribution >= 0.6 is 23.1 Å². The third-order valence-corrected chi connectivity index (χ3v) is 8.32. The van der Waals surface area contributed by atoms with Crippen molar-refractivity contribution in [1.29, 1.82) is 0 Å². The van der Waals surface area contributed by atoms with Crippen LogP contribution in [0.1, 0.15) is 28.2 Å². The minimum absolute atomic E-state index is 0.00728. The summed E-state index contributed by atoms with van der Waals surface area (Å²) in [6.45, 7) is 2.18. The molecule has 1 amide bonds. The Morgan fingerprint density at radius 2 is 1.86 bits per heavy atom. The van der Waals surface area contributed by atoms with E-state index in [0.29, 0.717) is 13.1 Å². The van der Waals surface area contributed by atoms with Gasteiger partial charge in [0, 0.05) is 24.6 Å². The molecule has 1 N–H and O–H groups in total. The molecule has 29 heavy (non-hydrogen) atoms. The van der Waals surface area contributed by atoms with Crippen molar-refractivity contribution in [2.45, 2.75) is 17.9 Å². The van der Waals surface area contributed by atoms with Gasteiger partial charge >= 0.3 is 5.97 Å². The number of thioether (sulfide) groups is 1. The third kappa shape index (κ3) is 5.39. The Labute approximate surface area is 178 Å². The van der Waals surface area contributed by atoms with E-state index in [1.54, 1.807) is 17.1 Å². The number of carbonyl (C=O) groups excluding carboxylic acids is 2. The normalized spacial score (nSPS) is 16.2. The Bertz CT molecular complexity index is 953. The van der Waals surface area contributed by atoms with Crippen molar-refractivity contribution in [2.24, 2.45) is 0 Å². The first-order valence-electron chi connectivity index (χ1n) is 9.06. The molecule has 0 aliphatic carbocycles. The van der Waals surface area contributed by atoms with Gasteiger partial charge in [-0.15, -0.1) is 11.3 Å². The maximum absolute atomic E-state index is 12.9. The summed E-state index contributed by atoms with van der Waals surface area (Å²) < 4.78 is 32.2. The standard InChI is InChI=1S/C19H22N2O5S3/c1-14(15-5-3-2-4-6-15)20-17(22)13-26-19(23)18-16(7-10-28-18)29(24,25)21-8-11-27-12-9-21/h2-7,10,14H,8-9,11-13H2,1H3,(H,20,22). The summed E-state index contributed by atoms with van der Waals surface area (Å²) in [6.07, 6.45) is 0. The zero-order valence-corrected chi connectivity index (χ0v) is 18.3. The van der Waals surface area contributed by atoms with Gasteiger partial charge in [0.1, 0.15) is 9.77 Å². The molecule has 1 aromatic heterocycles. The largest absolute Gasteiger partial charge is 0.451 e. The van der Waals surface area contributed by atoms with Gasteiger partial charge in [-0.3, -0.25) is 4.79 Å². The average molecular weight is 455 g/mol. The second kappa shape index (κ2) is 9.75. The molecule has 1 aliphatic rings. The van der Waals surface area contributed by atoms with Gasteiger partial charge in [0.25, 0.3) is 5.91 Å². The third-order valence-electron chi connectivity index (χ3n) is 4.41. The molecular weight excluding hydrogens is 432 g/mol. The van der Waals surface area contributed by atoms with E-state index in [2.05, 4.69) is 5.32 Å². The lowest BCUT2D eigenvalue weighted by atomic mass is 10.1. The molecule has 1 aliphatic heterocycles. The number of ether oxygens (including phenoxy) is 1. The molecule has 1 unspecified atom stereocenters. The highest BCUT2D eigenvalue weighted by molar-refractivity contribution is 7.99. The first kappa shape index (κ1) is 21.8. The van der Waals surface area contributed by atoms with E-state index in [4.69, 9.17) is 4.74 Å². The predicted octanol–water partition coefficient (Wildman–Crippen LogP) is 2.52.